The quantitative estimate of drug-likeness (QED) is 0.824. The Labute approximate surface area is 156 Å². The van der Waals surface area contributed by atoms with E-state index in [9.17, 15) is 9.59 Å². The zero-order valence-corrected chi connectivity index (χ0v) is 16.0. The number of aryl methyl sites for hydroxylation is 1. The van der Waals surface area contributed by atoms with Crippen LogP contribution in [0.4, 0.5) is 0 Å². The molecule has 0 spiro atoms. The van der Waals surface area contributed by atoms with Crippen LogP contribution >= 0.6 is 0 Å². The highest BCUT2D eigenvalue weighted by Gasteiger charge is 2.25. The second-order valence-electron chi connectivity index (χ2n) is 7.15. The molecule has 0 saturated carbocycles. The first-order chi connectivity index (χ1) is 12.4. The fourth-order valence-corrected chi connectivity index (χ4v) is 2.96. The molecule has 26 heavy (non-hydrogen) atoms. The smallest absolute Gasteiger partial charge is 0.252 e. The minimum Gasteiger partial charge on any atom is -0.340 e. The van der Waals surface area contributed by atoms with Gasteiger partial charge >= 0.3 is 0 Å². The van der Waals surface area contributed by atoms with Crippen molar-refractivity contribution in [3.63, 3.8) is 0 Å². The van der Waals surface area contributed by atoms with E-state index in [1.165, 1.54) is 0 Å². The summed E-state index contributed by atoms with van der Waals surface area (Å²) in [4.78, 5) is 27.3. The van der Waals surface area contributed by atoms with E-state index in [4.69, 9.17) is 0 Å². The van der Waals surface area contributed by atoms with Gasteiger partial charge in [-0.3, -0.25) is 9.59 Å². The van der Waals surface area contributed by atoms with E-state index in [0.29, 0.717) is 24.4 Å². The summed E-state index contributed by atoms with van der Waals surface area (Å²) in [6, 6.07) is 16.7. The molecule has 4 nitrogen and oxygen atoms in total. The summed E-state index contributed by atoms with van der Waals surface area (Å²) in [7, 11) is 1.78. The molecule has 0 fully saturated rings. The monoisotopic (exact) mass is 352 g/mol. The van der Waals surface area contributed by atoms with Crippen molar-refractivity contribution < 1.29 is 9.59 Å². The molecule has 0 radical (unpaired) electrons. The van der Waals surface area contributed by atoms with Gasteiger partial charge in [-0.15, -0.1) is 0 Å². The third kappa shape index (κ3) is 5.45. The Balaban J connectivity index is 2.11. The summed E-state index contributed by atoms with van der Waals surface area (Å²) in [6.07, 6.45) is 0.607. The van der Waals surface area contributed by atoms with Crippen molar-refractivity contribution in [1.29, 1.82) is 0 Å². The van der Waals surface area contributed by atoms with E-state index in [1.54, 1.807) is 18.0 Å². The third-order valence-corrected chi connectivity index (χ3v) is 4.34. The Morgan fingerprint density at radius 1 is 1.00 bits per heavy atom. The van der Waals surface area contributed by atoms with Crippen molar-refractivity contribution in [1.82, 2.24) is 10.2 Å². The number of nitrogens with one attached hydrogen (secondary N) is 1. The van der Waals surface area contributed by atoms with Gasteiger partial charge in [0.05, 0.1) is 0 Å². The van der Waals surface area contributed by atoms with Crippen LogP contribution in [0.2, 0.25) is 0 Å². The van der Waals surface area contributed by atoms with Gasteiger partial charge in [-0.2, -0.15) is 0 Å². The summed E-state index contributed by atoms with van der Waals surface area (Å²) in [5.74, 6) is 0.0333. The summed E-state index contributed by atoms with van der Waals surface area (Å²) in [6.45, 7) is 6.53. The maximum Gasteiger partial charge on any atom is 0.252 e. The molecule has 138 valence electrons. The van der Waals surface area contributed by atoms with E-state index in [0.717, 1.165) is 11.1 Å². The van der Waals surface area contributed by atoms with Gasteiger partial charge < -0.3 is 10.2 Å². The molecule has 2 aromatic carbocycles. The van der Waals surface area contributed by atoms with Crippen molar-refractivity contribution in [2.24, 2.45) is 5.92 Å². The fraction of sp³-hybridized carbons (Fsp3) is 0.364. The minimum atomic E-state index is -0.532. The molecule has 0 heterocycles. The Morgan fingerprint density at radius 2 is 1.62 bits per heavy atom. The number of carbonyl (C=O) groups is 2. The van der Waals surface area contributed by atoms with Gasteiger partial charge in [0.25, 0.3) is 5.91 Å². The third-order valence-electron chi connectivity index (χ3n) is 4.34. The highest BCUT2D eigenvalue weighted by Crippen LogP contribution is 2.13. The summed E-state index contributed by atoms with van der Waals surface area (Å²) >= 11 is 0. The maximum absolute atomic E-state index is 12.9. The van der Waals surface area contributed by atoms with E-state index < -0.39 is 6.04 Å². The molecular weight excluding hydrogens is 324 g/mol. The van der Waals surface area contributed by atoms with E-state index in [-0.39, 0.29) is 11.8 Å². The Bertz CT molecular complexity index is 741. The number of hydrogen-bond acceptors (Lipinski definition) is 2. The van der Waals surface area contributed by atoms with Gasteiger partial charge in [0, 0.05) is 19.2 Å². The van der Waals surface area contributed by atoms with Crippen molar-refractivity contribution in [3.05, 3.63) is 71.3 Å². The van der Waals surface area contributed by atoms with Crippen molar-refractivity contribution >= 4 is 11.8 Å². The second kappa shape index (κ2) is 9.18. The van der Waals surface area contributed by atoms with Gasteiger partial charge in [-0.05, 0) is 36.5 Å². The van der Waals surface area contributed by atoms with Crippen molar-refractivity contribution in [2.45, 2.75) is 39.8 Å². The highest BCUT2D eigenvalue weighted by molar-refractivity contribution is 5.98. The molecule has 0 aromatic heterocycles. The first-order valence-electron chi connectivity index (χ1n) is 9.04. The molecule has 1 N–H and O–H groups in total. The van der Waals surface area contributed by atoms with Crippen LogP contribution in [0.3, 0.4) is 0 Å². The van der Waals surface area contributed by atoms with Crippen LogP contribution in [0, 0.1) is 12.8 Å². The Morgan fingerprint density at radius 3 is 2.23 bits per heavy atom. The second-order valence-corrected chi connectivity index (χ2v) is 7.15. The lowest BCUT2D eigenvalue weighted by molar-refractivity contribution is -0.132. The molecule has 1 unspecified atom stereocenters. The molecule has 0 aliphatic heterocycles. The van der Waals surface area contributed by atoms with Gasteiger partial charge in [-0.25, -0.2) is 0 Å². The zero-order chi connectivity index (χ0) is 19.1. The Kier molecular flexibility index (Phi) is 6.96. The number of likely N-dealkylation sites (N-methyl/N-ethyl adjacent to an activating group) is 1. The summed E-state index contributed by atoms with van der Waals surface area (Å²) < 4.78 is 0. The topological polar surface area (TPSA) is 49.4 Å². The fourth-order valence-electron chi connectivity index (χ4n) is 2.96. The molecule has 1 atom stereocenters. The minimum absolute atomic E-state index is 0.0653. The standard InChI is InChI=1S/C22H28N2O2/c1-16(2)14-20(23-21(25)19-13-9-8-10-17(19)3)22(26)24(4)15-18-11-6-5-7-12-18/h5-13,16,20H,14-15H2,1-4H3,(H,23,25). The van der Waals surface area contributed by atoms with Crippen LogP contribution in [-0.2, 0) is 11.3 Å². The largest absolute Gasteiger partial charge is 0.340 e. The van der Waals surface area contributed by atoms with Gasteiger partial charge in [0.2, 0.25) is 5.91 Å². The highest BCUT2D eigenvalue weighted by atomic mass is 16.2. The number of nitrogens with zero attached hydrogens (tertiary/aromatic N) is 1. The zero-order valence-electron chi connectivity index (χ0n) is 16.0. The van der Waals surface area contributed by atoms with E-state index in [2.05, 4.69) is 19.2 Å². The van der Waals surface area contributed by atoms with Crippen LogP contribution in [0.15, 0.2) is 54.6 Å². The number of benzene rings is 2. The number of hydrogen-bond donors (Lipinski definition) is 1. The number of carbonyl (C=O) groups excluding carboxylic acids is 2. The normalized spacial score (nSPS) is 11.9. The Hall–Kier alpha value is -2.62. The van der Waals surface area contributed by atoms with Crippen LogP contribution in [0.25, 0.3) is 0 Å². The summed E-state index contributed by atoms with van der Waals surface area (Å²) in [5.41, 5.74) is 2.58. The lowest BCUT2D eigenvalue weighted by atomic mass is 10.0. The van der Waals surface area contributed by atoms with Crippen LogP contribution < -0.4 is 5.32 Å². The van der Waals surface area contributed by atoms with Crippen LogP contribution in [-0.4, -0.2) is 29.8 Å². The molecule has 0 aliphatic rings. The number of rotatable bonds is 7. The lowest BCUT2D eigenvalue weighted by Gasteiger charge is -2.26. The molecule has 0 aliphatic carbocycles. The molecule has 2 rings (SSSR count). The first-order valence-corrected chi connectivity index (χ1v) is 9.04. The van der Waals surface area contributed by atoms with Crippen LogP contribution in [0.5, 0.6) is 0 Å². The average molecular weight is 352 g/mol. The molecule has 4 heteroatoms. The number of amides is 2. The molecule has 2 aromatic rings. The SMILES string of the molecule is Cc1ccccc1C(=O)NC(CC(C)C)C(=O)N(C)Cc1ccccc1. The molecule has 0 saturated heterocycles. The van der Waals surface area contributed by atoms with Crippen molar-refractivity contribution in [3.8, 4) is 0 Å². The average Bonchev–Trinajstić information content (AvgIpc) is 2.61. The van der Waals surface area contributed by atoms with Gasteiger partial charge in [0.1, 0.15) is 6.04 Å². The predicted octanol–water partition coefficient (Wildman–Crippen LogP) is 3.80. The van der Waals surface area contributed by atoms with E-state index >= 15 is 0 Å². The molecular formula is C22H28N2O2. The summed E-state index contributed by atoms with van der Waals surface area (Å²) in [5, 5.41) is 2.94. The molecule has 2 amide bonds. The van der Waals surface area contributed by atoms with E-state index in [1.807, 2.05) is 55.5 Å². The lowest BCUT2D eigenvalue weighted by Crippen LogP contribution is -2.47. The molecule has 0 bridgehead atoms. The van der Waals surface area contributed by atoms with Crippen LogP contribution in [0.1, 0.15) is 41.8 Å². The predicted molar refractivity (Wildman–Crippen MR) is 105 cm³/mol. The van der Waals surface area contributed by atoms with Gasteiger partial charge in [-0.1, -0.05) is 62.4 Å². The van der Waals surface area contributed by atoms with Crippen molar-refractivity contribution in [2.75, 3.05) is 7.05 Å². The first kappa shape index (κ1) is 19.7. The van der Waals surface area contributed by atoms with Gasteiger partial charge in [0.15, 0.2) is 0 Å². The maximum atomic E-state index is 12.9.